The molecule has 92 valence electrons. The van der Waals surface area contributed by atoms with Crippen LogP contribution in [-0.4, -0.2) is 49.1 Å². The predicted molar refractivity (Wildman–Crippen MR) is 64.3 cm³/mol. The molecule has 1 amide bonds. The molecule has 0 aromatic carbocycles. The van der Waals surface area contributed by atoms with Crippen molar-refractivity contribution < 1.29 is 4.79 Å². The highest BCUT2D eigenvalue weighted by Crippen LogP contribution is 2.18. The average molecular weight is 225 g/mol. The van der Waals surface area contributed by atoms with Gasteiger partial charge in [-0.1, -0.05) is 6.92 Å². The van der Waals surface area contributed by atoms with Gasteiger partial charge in [0.25, 0.3) is 0 Å². The minimum atomic E-state index is 0.197. The second-order valence-corrected chi connectivity index (χ2v) is 4.96. The van der Waals surface area contributed by atoms with Crippen molar-refractivity contribution in [1.82, 2.24) is 15.5 Å². The van der Waals surface area contributed by atoms with Crippen LogP contribution in [0.25, 0.3) is 0 Å². The summed E-state index contributed by atoms with van der Waals surface area (Å²) in [6.45, 7) is 5.78. The number of carbonyl (C=O) groups excluding carboxylic acids is 1. The molecule has 0 bridgehead atoms. The standard InChI is InChI=1S/C12H23N3O/c1-2-15(8-11-4-3-7-13-11)9-12(16)14-10-5-6-10/h10-11,13H,2-9H2,1H3,(H,14,16). The molecule has 1 aliphatic carbocycles. The Labute approximate surface area is 97.8 Å². The fourth-order valence-electron chi connectivity index (χ4n) is 2.23. The maximum atomic E-state index is 11.7. The monoisotopic (exact) mass is 225 g/mol. The van der Waals surface area contributed by atoms with Crippen LogP contribution in [0, 0.1) is 0 Å². The molecule has 1 unspecified atom stereocenters. The van der Waals surface area contributed by atoms with Crippen LogP contribution in [-0.2, 0) is 4.79 Å². The lowest BCUT2D eigenvalue weighted by molar-refractivity contribution is -0.122. The molecule has 1 atom stereocenters. The third-order valence-electron chi connectivity index (χ3n) is 3.40. The van der Waals surface area contributed by atoms with E-state index in [0.29, 0.717) is 18.6 Å². The van der Waals surface area contributed by atoms with Crippen molar-refractivity contribution in [3.05, 3.63) is 0 Å². The number of nitrogens with zero attached hydrogens (tertiary/aromatic N) is 1. The van der Waals surface area contributed by atoms with E-state index in [1.807, 2.05) is 0 Å². The van der Waals surface area contributed by atoms with Crippen molar-refractivity contribution in [1.29, 1.82) is 0 Å². The molecular formula is C12H23N3O. The van der Waals surface area contributed by atoms with Crippen molar-refractivity contribution >= 4 is 5.91 Å². The molecule has 16 heavy (non-hydrogen) atoms. The Morgan fingerprint density at radius 3 is 2.81 bits per heavy atom. The van der Waals surface area contributed by atoms with Gasteiger partial charge in [0, 0.05) is 18.6 Å². The van der Waals surface area contributed by atoms with Crippen molar-refractivity contribution in [2.45, 2.75) is 44.7 Å². The molecule has 1 saturated heterocycles. The Hall–Kier alpha value is -0.610. The Morgan fingerprint density at radius 2 is 2.25 bits per heavy atom. The zero-order chi connectivity index (χ0) is 11.4. The van der Waals surface area contributed by atoms with Crippen molar-refractivity contribution in [3.8, 4) is 0 Å². The van der Waals surface area contributed by atoms with Gasteiger partial charge in [-0.3, -0.25) is 9.69 Å². The van der Waals surface area contributed by atoms with E-state index < -0.39 is 0 Å². The average Bonchev–Trinajstić information content (AvgIpc) is 2.92. The first-order valence-corrected chi connectivity index (χ1v) is 6.53. The fraction of sp³-hybridized carbons (Fsp3) is 0.917. The van der Waals surface area contributed by atoms with Crippen molar-refractivity contribution in [3.63, 3.8) is 0 Å². The molecule has 1 heterocycles. The van der Waals surface area contributed by atoms with E-state index in [9.17, 15) is 4.79 Å². The lowest BCUT2D eigenvalue weighted by Gasteiger charge is -2.23. The number of likely N-dealkylation sites (N-methyl/N-ethyl adjacent to an activating group) is 1. The van der Waals surface area contributed by atoms with Crippen LogP contribution in [0.2, 0.25) is 0 Å². The maximum Gasteiger partial charge on any atom is 0.234 e. The molecule has 0 spiro atoms. The summed E-state index contributed by atoms with van der Waals surface area (Å²) in [6, 6.07) is 1.07. The second kappa shape index (κ2) is 5.64. The van der Waals surface area contributed by atoms with E-state index in [0.717, 1.165) is 19.6 Å². The van der Waals surface area contributed by atoms with Crippen molar-refractivity contribution in [2.75, 3.05) is 26.2 Å². The number of nitrogens with one attached hydrogen (secondary N) is 2. The zero-order valence-corrected chi connectivity index (χ0v) is 10.2. The van der Waals surface area contributed by atoms with Crippen LogP contribution in [0.1, 0.15) is 32.6 Å². The van der Waals surface area contributed by atoms with E-state index in [4.69, 9.17) is 0 Å². The molecule has 1 saturated carbocycles. The van der Waals surface area contributed by atoms with Crippen LogP contribution in [0.4, 0.5) is 0 Å². The van der Waals surface area contributed by atoms with Gasteiger partial charge in [0.05, 0.1) is 6.54 Å². The second-order valence-electron chi connectivity index (χ2n) is 4.96. The van der Waals surface area contributed by atoms with Gasteiger partial charge in [-0.15, -0.1) is 0 Å². The van der Waals surface area contributed by atoms with Gasteiger partial charge in [0.15, 0.2) is 0 Å². The summed E-state index contributed by atoms with van der Waals surface area (Å²) in [7, 11) is 0. The highest BCUT2D eigenvalue weighted by molar-refractivity contribution is 5.78. The number of amides is 1. The van der Waals surface area contributed by atoms with E-state index in [-0.39, 0.29) is 5.91 Å². The summed E-state index contributed by atoms with van der Waals surface area (Å²) >= 11 is 0. The van der Waals surface area contributed by atoms with Gasteiger partial charge in [-0.05, 0) is 38.8 Å². The molecule has 0 radical (unpaired) electrons. The summed E-state index contributed by atoms with van der Waals surface area (Å²) in [6.07, 6.45) is 4.86. The van der Waals surface area contributed by atoms with E-state index >= 15 is 0 Å². The van der Waals surface area contributed by atoms with Gasteiger partial charge < -0.3 is 10.6 Å². The lowest BCUT2D eigenvalue weighted by atomic mass is 10.2. The number of rotatable bonds is 6. The summed E-state index contributed by atoms with van der Waals surface area (Å²) in [5.74, 6) is 0.197. The van der Waals surface area contributed by atoms with Crippen LogP contribution < -0.4 is 10.6 Å². The van der Waals surface area contributed by atoms with E-state index in [2.05, 4.69) is 22.5 Å². The quantitative estimate of drug-likeness (QED) is 0.685. The molecule has 2 N–H and O–H groups in total. The molecule has 0 aromatic rings. The Balaban J connectivity index is 1.68. The topological polar surface area (TPSA) is 44.4 Å². The summed E-state index contributed by atoms with van der Waals surface area (Å²) in [5.41, 5.74) is 0. The highest BCUT2D eigenvalue weighted by Gasteiger charge is 2.24. The Kier molecular flexibility index (Phi) is 4.18. The zero-order valence-electron chi connectivity index (χ0n) is 10.2. The first-order chi connectivity index (χ1) is 7.78. The van der Waals surface area contributed by atoms with Gasteiger partial charge in [0.1, 0.15) is 0 Å². The molecule has 4 nitrogen and oxygen atoms in total. The Morgan fingerprint density at radius 1 is 1.44 bits per heavy atom. The molecular weight excluding hydrogens is 202 g/mol. The first-order valence-electron chi connectivity index (χ1n) is 6.53. The van der Waals surface area contributed by atoms with E-state index in [1.165, 1.54) is 25.7 Å². The molecule has 2 fully saturated rings. The molecule has 4 heteroatoms. The first kappa shape index (κ1) is 11.9. The minimum Gasteiger partial charge on any atom is -0.352 e. The molecule has 2 rings (SSSR count). The largest absolute Gasteiger partial charge is 0.352 e. The SMILES string of the molecule is CCN(CC(=O)NC1CC1)CC1CCCN1. The van der Waals surface area contributed by atoms with E-state index in [1.54, 1.807) is 0 Å². The van der Waals surface area contributed by atoms with Gasteiger partial charge in [-0.2, -0.15) is 0 Å². The maximum absolute atomic E-state index is 11.7. The van der Waals surface area contributed by atoms with Crippen LogP contribution in [0.15, 0.2) is 0 Å². The summed E-state index contributed by atoms with van der Waals surface area (Å²) in [4.78, 5) is 13.9. The van der Waals surface area contributed by atoms with Crippen molar-refractivity contribution in [2.24, 2.45) is 0 Å². The molecule has 2 aliphatic rings. The molecule has 0 aromatic heterocycles. The summed E-state index contributed by atoms with van der Waals surface area (Å²) in [5, 5.41) is 6.52. The third kappa shape index (κ3) is 3.76. The number of hydrogen-bond acceptors (Lipinski definition) is 3. The Bertz CT molecular complexity index is 234. The van der Waals surface area contributed by atoms with Crippen LogP contribution in [0.3, 0.4) is 0 Å². The normalized spacial score (nSPS) is 25.0. The highest BCUT2D eigenvalue weighted by atomic mass is 16.2. The molecule has 1 aliphatic heterocycles. The smallest absolute Gasteiger partial charge is 0.234 e. The third-order valence-corrected chi connectivity index (χ3v) is 3.40. The number of carbonyl (C=O) groups is 1. The van der Waals surface area contributed by atoms with Gasteiger partial charge >= 0.3 is 0 Å². The number of hydrogen-bond donors (Lipinski definition) is 2. The minimum absolute atomic E-state index is 0.197. The lowest BCUT2D eigenvalue weighted by Crippen LogP contribution is -2.43. The summed E-state index contributed by atoms with van der Waals surface area (Å²) < 4.78 is 0. The fourth-order valence-corrected chi connectivity index (χ4v) is 2.23. The van der Waals surface area contributed by atoms with Crippen LogP contribution >= 0.6 is 0 Å². The van der Waals surface area contributed by atoms with Gasteiger partial charge in [-0.25, -0.2) is 0 Å². The van der Waals surface area contributed by atoms with Gasteiger partial charge in [0.2, 0.25) is 5.91 Å². The van der Waals surface area contributed by atoms with Crippen LogP contribution in [0.5, 0.6) is 0 Å². The predicted octanol–water partition coefficient (Wildman–Crippen LogP) is 0.339.